The number of halogens is 1. The lowest BCUT2D eigenvalue weighted by molar-refractivity contribution is -0.148. The molecule has 25 heavy (non-hydrogen) atoms. The number of Topliss-reactive ketones (excluding diaryl/α,β-unsaturated/α-hetero) is 1. The second kappa shape index (κ2) is 8.58. The molecule has 2 rings (SSSR count). The molecular weight excluding hydrogens is 386 g/mol. The van der Waals surface area contributed by atoms with Crippen molar-refractivity contribution in [2.75, 3.05) is 0 Å². The molecule has 0 fully saturated rings. The summed E-state index contributed by atoms with van der Waals surface area (Å²) in [6.45, 7) is 3.02. The molecule has 0 saturated heterocycles. The normalized spacial score (nSPS) is 12.8. The summed E-state index contributed by atoms with van der Waals surface area (Å²) in [4.78, 5) is 36.4. The van der Waals surface area contributed by atoms with E-state index >= 15 is 0 Å². The number of carbonyl (C=O) groups is 3. The first-order chi connectivity index (χ1) is 11.9. The molecule has 1 N–H and O–H groups in total. The number of esters is 1. The summed E-state index contributed by atoms with van der Waals surface area (Å²) < 4.78 is 6.03. The number of hydrogen-bond donors (Lipinski definition) is 1. The van der Waals surface area contributed by atoms with Crippen molar-refractivity contribution in [1.82, 2.24) is 5.32 Å². The predicted octanol–water partition coefficient (Wildman–Crippen LogP) is 3.38. The third-order valence-electron chi connectivity index (χ3n) is 3.53. The molecule has 0 bridgehead atoms. The number of hydrogen-bond acceptors (Lipinski definition) is 4. The van der Waals surface area contributed by atoms with E-state index in [9.17, 15) is 14.4 Å². The summed E-state index contributed by atoms with van der Waals surface area (Å²) >= 11 is 3.30. The van der Waals surface area contributed by atoms with Crippen molar-refractivity contribution in [3.8, 4) is 0 Å². The van der Waals surface area contributed by atoms with Crippen molar-refractivity contribution in [2.24, 2.45) is 0 Å². The van der Waals surface area contributed by atoms with Crippen LogP contribution < -0.4 is 5.32 Å². The predicted molar refractivity (Wildman–Crippen MR) is 97.4 cm³/mol. The summed E-state index contributed by atoms with van der Waals surface area (Å²) in [7, 11) is 0. The van der Waals surface area contributed by atoms with E-state index in [0.29, 0.717) is 11.1 Å². The Labute approximate surface area is 154 Å². The van der Waals surface area contributed by atoms with Crippen molar-refractivity contribution in [1.29, 1.82) is 0 Å². The zero-order valence-corrected chi connectivity index (χ0v) is 15.4. The Hall–Kier alpha value is -2.47. The van der Waals surface area contributed by atoms with E-state index in [1.54, 1.807) is 54.6 Å². The summed E-state index contributed by atoms with van der Waals surface area (Å²) in [5.41, 5.74) is 0.894. The first-order valence-corrected chi connectivity index (χ1v) is 8.54. The van der Waals surface area contributed by atoms with Gasteiger partial charge in [-0.2, -0.15) is 0 Å². The van der Waals surface area contributed by atoms with E-state index in [2.05, 4.69) is 21.2 Å². The zero-order chi connectivity index (χ0) is 18.4. The summed E-state index contributed by atoms with van der Waals surface area (Å²) in [6.07, 6.45) is -0.940. The molecule has 5 nitrogen and oxygen atoms in total. The van der Waals surface area contributed by atoms with Crippen LogP contribution in [-0.2, 0) is 9.53 Å². The van der Waals surface area contributed by atoms with E-state index in [1.807, 2.05) is 0 Å². The second-order valence-corrected chi connectivity index (χ2v) is 6.43. The van der Waals surface area contributed by atoms with Gasteiger partial charge in [-0.1, -0.05) is 46.3 Å². The highest BCUT2D eigenvalue weighted by Crippen LogP contribution is 2.13. The number of benzene rings is 2. The number of carbonyl (C=O) groups excluding carboxylic acids is 3. The van der Waals surface area contributed by atoms with Gasteiger partial charge in [-0.05, 0) is 38.1 Å². The molecular formula is C19H18BrNO4. The maximum atomic E-state index is 12.3. The first kappa shape index (κ1) is 18.9. The van der Waals surface area contributed by atoms with Crippen molar-refractivity contribution in [3.05, 3.63) is 70.2 Å². The molecule has 130 valence electrons. The number of amides is 1. The molecule has 6 heteroatoms. The highest BCUT2D eigenvalue weighted by atomic mass is 79.9. The second-order valence-electron chi connectivity index (χ2n) is 5.51. The fourth-order valence-electron chi connectivity index (χ4n) is 2.11. The van der Waals surface area contributed by atoms with Crippen molar-refractivity contribution in [2.45, 2.75) is 26.0 Å². The highest BCUT2D eigenvalue weighted by molar-refractivity contribution is 9.10. The van der Waals surface area contributed by atoms with Gasteiger partial charge in [-0.25, -0.2) is 4.79 Å². The third-order valence-corrected chi connectivity index (χ3v) is 4.06. The molecule has 0 radical (unpaired) electrons. The summed E-state index contributed by atoms with van der Waals surface area (Å²) in [5, 5.41) is 2.56. The minimum absolute atomic E-state index is 0.303. The van der Waals surface area contributed by atoms with Gasteiger partial charge in [0.15, 0.2) is 6.10 Å². The molecule has 1 amide bonds. The van der Waals surface area contributed by atoms with Crippen LogP contribution in [0.5, 0.6) is 0 Å². The van der Waals surface area contributed by atoms with Crippen LogP contribution in [-0.4, -0.2) is 29.8 Å². The monoisotopic (exact) mass is 403 g/mol. The van der Waals surface area contributed by atoms with Crippen molar-refractivity contribution >= 4 is 33.6 Å². The van der Waals surface area contributed by atoms with Crippen molar-refractivity contribution in [3.63, 3.8) is 0 Å². The maximum Gasteiger partial charge on any atom is 0.329 e. The van der Waals surface area contributed by atoms with Gasteiger partial charge in [0.2, 0.25) is 5.78 Å². The number of rotatable bonds is 6. The molecule has 0 saturated carbocycles. The fourth-order valence-corrected chi connectivity index (χ4v) is 2.37. The van der Waals surface area contributed by atoms with Crippen LogP contribution in [0.25, 0.3) is 0 Å². The van der Waals surface area contributed by atoms with Crippen LogP contribution >= 0.6 is 15.9 Å². The molecule has 2 atom stereocenters. The smallest absolute Gasteiger partial charge is 0.329 e. The molecule has 0 aliphatic heterocycles. The van der Waals surface area contributed by atoms with Gasteiger partial charge in [0.1, 0.15) is 6.04 Å². The minimum Gasteiger partial charge on any atom is -0.453 e. The minimum atomic E-state index is -0.940. The van der Waals surface area contributed by atoms with Crippen LogP contribution in [0.15, 0.2) is 59.1 Å². The molecule has 2 aromatic rings. The average Bonchev–Trinajstić information content (AvgIpc) is 2.62. The van der Waals surface area contributed by atoms with Crippen LogP contribution in [0.4, 0.5) is 0 Å². The SMILES string of the molecule is C[C@H](NC(=O)c1ccccc1)C(=O)O[C@@H](C)C(=O)c1ccc(Br)cc1. The molecule has 2 aromatic carbocycles. The topological polar surface area (TPSA) is 72.5 Å². The summed E-state index contributed by atoms with van der Waals surface area (Å²) in [6, 6.07) is 14.5. The Kier molecular flexibility index (Phi) is 6.47. The lowest BCUT2D eigenvalue weighted by atomic mass is 10.1. The van der Waals surface area contributed by atoms with E-state index in [1.165, 1.54) is 13.8 Å². The Morgan fingerprint density at radius 2 is 1.52 bits per heavy atom. The standard InChI is InChI=1S/C19H18BrNO4/c1-12(21-18(23)15-6-4-3-5-7-15)19(24)25-13(2)17(22)14-8-10-16(20)11-9-14/h3-13H,1-2H3,(H,21,23)/t12-,13-/m0/s1. The quantitative estimate of drug-likeness (QED) is 0.592. The maximum absolute atomic E-state index is 12.3. The Morgan fingerprint density at radius 3 is 2.12 bits per heavy atom. The Morgan fingerprint density at radius 1 is 0.920 bits per heavy atom. The van der Waals surface area contributed by atoms with Crippen LogP contribution in [0.2, 0.25) is 0 Å². The molecule has 0 aliphatic carbocycles. The Balaban J connectivity index is 1.92. The molecule has 0 spiro atoms. The van der Waals surface area contributed by atoms with E-state index < -0.39 is 18.1 Å². The van der Waals surface area contributed by atoms with Gasteiger partial charge in [0.25, 0.3) is 5.91 Å². The van der Waals surface area contributed by atoms with Crippen LogP contribution in [0.3, 0.4) is 0 Å². The third kappa shape index (κ3) is 5.26. The average molecular weight is 404 g/mol. The fraction of sp³-hybridized carbons (Fsp3) is 0.211. The van der Waals surface area contributed by atoms with Crippen LogP contribution in [0.1, 0.15) is 34.6 Å². The van der Waals surface area contributed by atoms with E-state index in [0.717, 1.165) is 4.47 Å². The lowest BCUT2D eigenvalue weighted by Gasteiger charge is -2.17. The van der Waals surface area contributed by atoms with Crippen LogP contribution in [0, 0.1) is 0 Å². The molecule has 0 unspecified atom stereocenters. The molecule has 0 heterocycles. The first-order valence-electron chi connectivity index (χ1n) is 7.74. The lowest BCUT2D eigenvalue weighted by Crippen LogP contribution is -2.41. The number of nitrogens with one attached hydrogen (secondary N) is 1. The van der Waals surface area contributed by atoms with E-state index in [4.69, 9.17) is 4.74 Å². The van der Waals surface area contributed by atoms with Crippen molar-refractivity contribution < 1.29 is 19.1 Å². The van der Waals surface area contributed by atoms with Gasteiger partial charge in [0.05, 0.1) is 0 Å². The van der Waals surface area contributed by atoms with Gasteiger partial charge >= 0.3 is 5.97 Å². The Bertz CT molecular complexity index is 759. The number of ketones is 1. The van der Waals surface area contributed by atoms with Gasteiger partial charge in [-0.3, -0.25) is 9.59 Å². The highest BCUT2D eigenvalue weighted by Gasteiger charge is 2.24. The molecule has 0 aliphatic rings. The van der Waals surface area contributed by atoms with E-state index in [-0.39, 0.29) is 11.7 Å². The molecule has 0 aromatic heterocycles. The van der Waals surface area contributed by atoms with Gasteiger partial charge in [0, 0.05) is 15.6 Å². The summed E-state index contributed by atoms with van der Waals surface area (Å²) in [5.74, 6) is -1.35. The largest absolute Gasteiger partial charge is 0.453 e. The van der Waals surface area contributed by atoms with Gasteiger partial charge in [-0.15, -0.1) is 0 Å². The zero-order valence-electron chi connectivity index (χ0n) is 13.9. The number of ether oxygens (including phenoxy) is 1. The van der Waals surface area contributed by atoms with Gasteiger partial charge < -0.3 is 10.1 Å².